The van der Waals surface area contributed by atoms with E-state index in [1.165, 1.54) is 5.56 Å². The van der Waals surface area contributed by atoms with Crippen molar-refractivity contribution in [2.75, 3.05) is 40.2 Å². The van der Waals surface area contributed by atoms with E-state index in [9.17, 15) is 4.79 Å². The molecule has 2 aromatic rings. The third-order valence-corrected chi connectivity index (χ3v) is 4.32. The first-order chi connectivity index (χ1) is 11.5. The van der Waals surface area contributed by atoms with Crippen molar-refractivity contribution < 1.29 is 14.3 Å². The van der Waals surface area contributed by atoms with Crippen LogP contribution in [0.25, 0.3) is 0 Å². The molecule has 0 bridgehead atoms. The van der Waals surface area contributed by atoms with Gasteiger partial charge in [0.05, 0.1) is 20.3 Å². The number of hydrogen-bond acceptors (Lipinski definition) is 5. The van der Waals surface area contributed by atoms with E-state index in [2.05, 4.69) is 27.0 Å². The zero-order chi connectivity index (χ0) is 17.5. The maximum Gasteiger partial charge on any atom is 0.319 e. The summed E-state index contributed by atoms with van der Waals surface area (Å²) >= 11 is 1.65. The first kappa shape index (κ1) is 18.1. The van der Waals surface area contributed by atoms with E-state index < -0.39 is 0 Å². The van der Waals surface area contributed by atoms with Crippen molar-refractivity contribution in [2.45, 2.75) is 6.04 Å². The lowest BCUT2D eigenvalue weighted by molar-refractivity contribution is 0.243. The number of anilines is 1. The highest BCUT2D eigenvalue weighted by Gasteiger charge is 2.16. The number of carbonyl (C=O) groups excluding carboxylic acids is 1. The third kappa shape index (κ3) is 4.87. The van der Waals surface area contributed by atoms with Crippen LogP contribution in [-0.2, 0) is 0 Å². The van der Waals surface area contributed by atoms with Crippen LogP contribution in [0.3, 0.4) is 0 Å². The summed E-state index contributed by atoms with van der Waals surface area (Å²) in [7, 11) is 7.13. The standard InChI is InChI=1S/C17H23N3O3S/c1-20(2)16(12-5-6-24-11-12)10-18-17(21)19-13-7-14(22-3)9-15(8-13)23-4/h5-9,11,16H,10H2,1-4H3,(H2,18,19,21)/t16-/m0/s1. The minimum absolute atomic E-state index is 0.127. The van der Waals surface area contributed by atoms with Crippen LogP contribution in [0.1, 0.15) is 11.6 Å². The molecule has 0 fully saturated rings. The number of likely N-dealkylation sites (N-methyl/N-ethyl adjacent to an activating group) is 1. The minimum atomic E-state index is -0.271. The lowest BCUT2D eigenvalue weighted by Crippen LogP contribution is -2.36. The number of urea groups is 1. The van der Waals surface area contributed by atoms with Crippen LogP contribution in [0.15, 0.2) is 35.0 Å². The Morgan fingerprint density at radius 3 is 2.38 bits per heavy atom. The maximum atomic E-state index is 12.2. The monoisotopic (exact) mass is 349 g/mol. The molecule has 130 valence electrons. The summed E-state index contributed by atoms with van der Waals surface area (Å²) in [6, 6.07) is 7.16. The average molecular weight is 349 g/mol. The quantitative estimate of drug-likeness (QED) is 0.806. The van der Waals surface area contributed by atoms with Crippen LogP contribution in [0, 0.1) is 0 Å². The summed E-state index contributed by atoms with van der Waals surface area (Å²) in [6.07, 6.45) is 0. The van der Waals surface area contributed by atoms with Gasteiger partial charge in [-0.05, 0) is 36.5 Å². The van der Waals surface area contributed by atoms with Crippen LogP contribution < -0.4 is 20.1 Å². The SMILES string of the molecule is COc1cc(NC(=O)NC[C@@H](c2ccsc2)N(C)C)cc(OC)c1. The molecule has 1 aromatic carbocycles. The van der Waals surface area contributed by atoms with Gasteiger partial charge in [-0.3, -0.25) is 0 Å². The highest BCUT2D eigenvalue weighted by atomic mass is 32.1. The fourth-order valence-corrected chi connectivity index (χ4v) is 3.01. The molecule has 6 nitrogen and oxygen atoms in total. The zero-order valence-electron chi connectivity index (χ0n) is 14.3. The van der Waals surface area contributed by atoms with Gasteiger partial charge < -0.3 is 25.0 Å². The van der Waals surface area contributed by atoms with Gasteiger partial charge in [0.1, 0.15) is 11.5 Å². The third-order valence-electron chi connectivity index (χ3n) is 3.62. The Bertz CT molecular complexity index is 637. The molecule has 0 saturated heterocycles. The number of rotatable bonds is 7. The molecule has 2 N–H and O–H groups in total. The van der Waals surface area contributed by atoms with Gasteiger partial charge in [-0.25, -0.2) is 4.79 Å². The van der Waals surface area contributed by atoms with Crippen LogP contribution in [0.4, 0.5) is 10.5 Å². The molecule has 0 saturated carbocycles. The van der Waals surface area contributed by atoms with Gasteiger partial charge in [-0.15, -0.1) is 0 Å². The van der Waals surface area contributed by atoms with E-state index in [1.54, 1.807) is 43.8 Å². The predicted octanol–water partition coefficient (Wildman–Crippen LogP) is 3.19. The van der Waals surface area contributed by atoms with E-state index in [0.717, 1.165) is 0 Å². The van der Waals surface area contributed by atoms with Crippen molar-refractivity contribution in [2.24, 2.45) is 0 Å². The van der Waals surface area contributed by atoms with Crippen LogP contribution in [0.2, 0.25) is 0 Å². The number of hydrogen-bond donors (Lipinski definition) is 2. The van der Waals surface area contributed by atoms with E-state index in [4.69, 9.17) is 9.47 Å². The first-order valence-corrected chi connectivity index (χ1v) is 8.44. The number of carbonyl (C=O) groups is 1. The largest absolute Gasteiger partial charge is 0.497 e. The second kappa shape index (κ2) is 8.56. The summed E-state index contributed by atoms with van der Waals surface area (Å²) in [5.41, 5.74) is 1.80. The molecule has 0 unspecified atom stereocenters. The molecule has 1 aromatic heterocycles. The summed E-state index contributed by atoms with van der Waals surface area (Å²) in [5.74, 6) is 1.24. The number of nitrogens with zero attached hydrogens (tertiary/aromatic N) is 1. The summed E-state index contributed by atoms with van der Waals surface area (Å²) in [4.78, 5) is 14.3. The molecule has 0 aliphatic heterocycles. The van der Waals surface area contributed by atoms with Crippen molar-refractivity contribution in [1.29, 1.82) is 0 Å². The van der Waals surface area contributed by atoms with E-state index in [1.807, 2.05) is 19.5 Å². The molecule has 24 heavy (non-hydrogen) atoms. The highest BCUT2D eigenvalue weighted by molar-refractivity contribution is 7.07. The fraction of sp³-hybridized carbons (Fsp3) is 0.353. The van der Waals surface area contributed by atoms with E-state index >= 15 is 0 Å². The number of nitrogens with one attached hydrogen (secondary N) is 2. The number of ether oxygens (including phenoxy) is 2. The van der Waals surface area contributed by atoms with Crippen molar-refractivity contribution in [3.05, 3.63) is 40.6 Å². The second-order valence-electron chi connectivity index (χ2n) is 5.47. The normalized spacial score (nSPS) is 11.9. The Morgan fingerprint density at radius 2 is 1.88 bits per heavy atom. The van der Waals surface area contributed by atoms with Gasteiger partial charge in [-0.2, -0.15) is 11.3 Å². The highest BCUT2D eigenvalue weighted by Crippen LogP contribution is 2.25. The van der Waals surface area contributed by atoms with Crippen molar-refractivity contribution in [1.82, 2.24) is 10.2 Å². The minimum Gasteiger partial charge on any atom is -0.497 e. The summed E-state index contributed by atoms with van der Waals surface area (Å²) in [5, 5.41) is 9.84. The van der Waals surface area contributed by atoms with Gasteiger partial charge in [0.2, 0.25) is 0 Å². The van der Waals surface area contributed by atoms with Crippen molar-refractivity contribution in [3.63, 3.8) is 0 Å². The molecule has 0 spiro atoms. The Labute approximate surface area is 146 Å². The van der Waals surface area contributed by atoms with Gasteiger partial charge >= 0.3 is 6.03 Å². The Kier molecular flexibility index (Phi) is 6.45. The van der Waals surface area contributed by atoms with E-state index in [0.29, 0.717) is 23.7 Å². The number of thiophene rings is 1. The maximum absolute atomic E-state index is 12.2. The molecular formula is C17H23N3O3S. The first-order valence-electron chi connectivity index (χ1n) is 7.50. The second-order valence-corrected chi connectivity index (χ2v) is 6.25. The topological polar surface area (TPSA) is 62.8 Å². The average Bonchev–Trinajstić information content (AvgIpc) is 3.08. The summed E-state index contributed by atoms with van der Waals surface area (Å²) in [6.45, 7) is 0.511. The molecule has 1 heterocycles. The lowest BCUT2D eigenvalue weighted by Gasteiger charge is -2.24. The Hall–Kier alpha value is -2.25. The van der Waals surface area contributed by atoms with Gasteiger partial charge in [0.15, 0.2) is 0 Å². The Balaban J connectivity index is 1.98. The molecule has 0 radical (unpaired) electrons. The van der Waals surface area contributed by atoms with Crippen LogP contribution in [0.5, 0.6) is 11.5 Å². The molecule has 1 atom stereocenters. The predicted molar refractivity (Wildman–Crippen MR) is 97.3 cm³/mol. The molecule has 2 amide bonds. The van der Waals surface area contributed by atoms with Gasteiger partial charge in [0.25, 0.3) is 0 Å². The Morgan fingerprint density at radius 1 is 1.21 bits per heavy atom. The number of amides is 2. The molecule has 7 heteroatoms. The smallest absolute Gasteiger partial charge is 0.319 e. The van der Waals surface area contributed by atoms with E-state index in [-0.39, 0.29) is 12.1 Å². The molecule has 0 aliphatic rings. The fourth-order valence-electron chi connectivity index (χ4n) is 2.31. The van der Waals surface area contributed by atoms with Crippen molar-refractivity contribution in [3.8, 4) is 11.5 Å². The molecule has 2 rings (SSSR count). The molecular weight excluding hydrogens is 326 g/mol. The van der Waals surface area contributed by atoms with Crippen LogP contribution >= 0.6 is 11.3 Å². The number of methoxy groups -OCH3 is 2. The zero-order valence-corrected chi connectivity index (χ0v) is 15.1. The van der Waals surface area contributed by atoms with Crippen molar-refractivity contribution >= 4 is 23.1 Å². The van der Waals surface area contributed by atoms with Gasteiger partial charge in [-0.1, -0.05) is 0 Å². The lowest BCUT2D eigenvalue weighted by atomic mass is 10.1. The number of benzene rings is 1. The summed E-state index contributed by atoms with van der Waals surface area (Å²) < 4.78 is 10.4. The van der Waals surface area contributed by atoms with Crippen LogP contribution in [-0.4, -0.2) is 45.8 Å². The molecule has 0 aliphatic carbocycles. The van der Waals surface area contributed by atoms with Gasteiger partial charge in [0, 0.05) is 30.4 Å².